The Morgan fingerprint density at radius 1 is 0.906 bits per heavy atom. The molecule has 5 rings (SSSR count). The molecule has 7 nitrogen and oxygen atoms in total. The summed E-state index contributed by atoms with van der Waals surface area (Å²) in [5, 5.41) is 0. The highest BCUT2D eigenvalue weighted by atomic mass is 16.5. The molecule has 0 radical (unpaired) electrons. The number of piperidine rings is 1. The number of rotatable bonds is 3. The lowest BCUT2D eigenvalue weighted by molar-refractivity contribution is -0.139. The van der Waals surface area contributed by atoms with Crippen molar-refractivity contribution in [1.29, 1.82) is 0 Å². The summed E-state index contributed by atoms with van der Waals surface area (Å²) in [6, 6.07) is 14.5. The van der Waals surface area contributed by atoms with Crippen molar-refractivity contribution < 1.29 is 19.1 Å². The van der Waals surface area contributed by atoms with Crippen LogP contribution in [0.2, 0.25) is 0 Å². The average molecular weight is 434 g/mol. The van der Waals surface area contributed by atoms with Crippen molar-refractivity contribution in [2.45, 2.75) is 38.2 Å². The number of carbonyl (C=O) groups is 3. The van der Waals surface area contributed by atoms with Crippen LogP contribution in [0.15, 0.2) is 48.5 Å². The molecule has 0 bridgehead atoms. The number of para-hydroxylation sites is 2. The van der Waals surface area contributed by atoms with Gasteiger partial charge in [0.15, 0.2) is 6.10 Å². The lowest BCUT2D eigenvalue weighted by atomic mass is 10.1. The molecule has 2 aromatic carbocycles. The summed E-state index contributed by atoms with van der Waals surface area (Å²) in [6.07, 6.45) is 3.77. The zero-order valence-electron chi connectivity index (χ0n) is 18.0. The first-order chi connectivity index (χ1) is 15.6. The van der Waals surface area contributed by atoms with E-state index in [1.54, 1.807) is 34.1 Å². The largest absolute Gasteiger partial charge is 0.476 e. The molecule has 3 aliphatic heterocycles. The molecule has 7 heteroatoms. The van der Waals surface area contributed by atoms with E-state index in [2.05, 4.69) is 0 Å². The van der Waals surface area contributed by atoms with Gasteiger partial charge in [-0.15, -0.1) is 0 Å². The van der Waals surface area contributed by atoms with E-state index in [9.17, 15) is 14.4 Å². The summed E-state index contributed by atoms with van der Waals surface area (Å²) in [4.78, 5) is 44.1. The number of ether oxygens (including phenoxy) is 1. The molecule has 0 N–H and O–H groups in total. The number of fused-ring (bicyclic) bond motifs is 1. The number of amides is 3. The van der Waals surface area contributed by atoms with E-state index in [1.165, 1.54) is 0 Å². The first-order valence-corrected chi connectivity index (χ1v) is 11.4. The fraction of sp³-hybridized carbons (Fsp3) is 0.400. The van der Waals surface area contributed by atoms with Gasteiger partial charge in [-0.2, -0.15) is 0 Å². The molecule has 0 unspecified atom stereocenters. The quantitative estimate of drug-likeness (QED) is 0.745. The Morgan fingerprint density at radius 2 is 1.72 bits per heavy atom. The fourth-order valence-corrected chi connectivity index (χ4v) is 4.76. The van der Waals surface area contributed by atoms with E-state index in [0.717, 1.165) is 44.5 Å². The van der Waals surface area contributed by atoms with Gasteiger partial charge >= 0.3 is 0 Å². The number of benzene rings is 2. The van der Waals surface area contributed by atoms with Crippen molar-refractivity contribution in [3.8, 4) is 5.75 Å². The van der Waals surface area contributed by atoms with E-state index in [-0.39, 0.29) is 24.3 Å². The van der Waals surface area contributed by atoms with E-state index in [4.69, 9.17) is 4.74 Å². The second-order valence-electron chi connectivity index (χ2n) is 8.58. The molecule has 3 amide bonds. The molecule has 0 aromatic heterocycles. The van der Waals surface area contributed by atoms with Crippen molar-refractivity contribution in [3.63, 3.8) is 0 Å². The summed E-state index contributed by atoms with van der Waals surface area (Å²) in [5.41, 5.74) is 1.88. The summed E-state index contributed by atoms with van der Waals surface area (Å²) >= 11 is 0. The monoisotopic (exact) mass is 433 g/mol. The minimum atomic E-state index is -0.727. The standard InChI is InChI=1S/C25H27N3O4/c29-23-12-7-15-27(23)19-9-6-8-18(16-19)24(30)28-17-22(25(31)26-13-4-1-5-14-26)32-21-11-3-2-10-20(21)28/h2-3,6,8-11,16,22H,1,4-5,7,12-15,17H2/t22-/m1/s1. The molecule has 0 saturated carbocycles. The van der Waals surface area contributed by atoms with Gasteiger partial charge in [-0.1, -0.05) is 18.2 Å². The van der Waals surface area contributed by atoms with Crippen LogP contribution in [0.3, 0.4) is 0 Å². The van der Waals surface area contributed by atoms with E-state index in [0.29, 0.717) is 30.0 Å². The highest BCUT2D eigenvalue weighted by Gasteiger charge is 2.36. The Labute approximate surface area is 187 Å². The second kappa shape index (κ2) is 8.65. The van der Waals surface area contributed by atoms with Gasteiger partial charge in [0.05, 0.1) is 12.2 Å². The molecule has 1 atom stereocenters. The van der Waals surface area contributed by atoms with Gasteiger partial charge in [-0.05, 0) is 56.0 Å². The van der Waals surface area contributed by atoms with Gasteiger partial charge in [-0.25, -0.2) is 0 Å². The third kappa shape index (κ3) is 3.83. The first-order valence-electron chi connectivity index (χ1n) is 11.4. The lowest BCUT2D eigenvalue weighted by Gasteiger charge is -2.37. The second-order valence-corrected chi connectivity index (χ2v) is 8.58. The average Bonchev–Trinajstić information content (AvgIpc) is 3.29. The molecular weight excluding hydrogens is 406 g/mol. The Balaban J connectivity index is 1.43. The minimum Gasteiger partial charge on any atom is -0.476 e. The topological polar surface area (TPSA) is 70.2 Å². The fourth-order valence-electron chi connectivity index (χ4n) is 4.76. The van der Waals surface area contributed by atoms with Crippen LogP contribution in [0.5, 0.6) is 5.75 Å². The van der Waals surface area contributed by atoms with E-state index >= 15 is 0 Å². The molecule has 32 heavy (non-hydrogen) atoms. The molecule has 2 aromatic rings. The lowest BCUT2D eigenvalue weighted by Crippen LogP contribution is -2.52. The Kier molecular flexibility index (Phi) is 5.55. The molecular formula is C25H27N3O4. The maximum Gasteiger partial charge on any atom is 0.265 e. The predicted molar refractivity (Wildman–Crippen MR) is 121 cm³/mol. The predicted octanol–water partition coefficient (Wildman–Crippen LogP) is 3.23. The minimum absolute atomic E-state index is 0.0617. The SMILES string of the molecule is O=C([C@H]1CN(C(=O)c2cccc(N3CCCC3=O)c2)c2ccccc2O1)N1CCCCC1. The Morgan fingerprint density at radius 3 is 2.50 bits per heavy atom. The van der Waals surface area contributed by atoms with Gasteiger partial charge in [0.2, 0.25) is 5.91 Å². The van der Waals surface area contributed by atoms with Crippen LogP contribution >= 0.6 is 0 Å². The first kappa shape index (κ1) is 20.5. The number of hydrogen-bond donors (Lipinski definition) is 0. The van der Waals surface area contributed by atoms with E-state index in [1.807, 2.05) is 29.2 Å². The third-order valence-corrected chi connectivity index (χ3v) is 6.44. The summed E-state index contributed by atoms with van der Waals surface area (Å²) < 4.78 is 6.04. The van der Waals surface area contributed by atoms with Crippen LogP contribution in [0.25, 0.3) is 0 Å². The van der Waals surface area contributed by atoms with Crippen LogP contribution in [0.1, 0.15) is 42.5 Å². The van der Waals surface area contributed by atoms with Crippen LogP contribution in [0, 0.1) is 0 Å². The van der Waals surface area contributed by atoms with Gasteiger partial charge in [0, 0.05) is 37.3 Å². The van der Waals surface area contributed by atoms with Crippen molar-refractivity contribution in [1.82, 2.24) is 4.90 Å². The molecule has 3 heterocycles. The van der Waals surface area contributed by atoms with Crippen LogP contribution in [-0.4, -0.2) is 54.9 Å². The van der Waals surface area contributed by atoms with Crippen LogP contribution < -0.4 is 14.5 Å². The highest BCUT2D eigenvalue weighted by molar-refractivity contribution is 6.09. The van der Waals surface area contributed by atoms with Gasteiger partial charge in [0.25, 0.3) is 11.8 Å². The summed E-state index contributed by atoms with van der Waals surface area (Å²) in [7, 11) is 0. The number of carbonyl (C=O) groups excluding carboxylic acids is 3. The van der Waals surface area contributed by atoms with Gasteiger partial charge in [0.1, 0.15) is 5.75 Å². The van der Waals surface area contributed by atoms with E-state index < -0.39 is 6.10 Å². The van der Waals surface area contributed by atoms with Crippen molar-refractivity contribution in [2.75, 3.05) is 36.0 Å². The number of likely N-dealkylation sites (tertiary alicyclic amines) is 1. The summed E-state index contributed by atoms with van der Waals surface area (Å²) in [6.45, 7) is 2.31. The Bertz CT molecular complexity index is 1050. The van der Waals surface area contributed by atoms with Gasteiger partial charge in [-0.3, -0.25) is 14.4 Å². The highest BCUT2D eigenvalue weighted by Crippen LogP contribution is 2.35. The molecule has 0 aliphatic carbocycles. The number of anilines is 2. The van der Waals surface area contributed by atoms with Crippen LogP contribution in [0.4, 0.5) is 11.4 Å². The molecule has 0 spiro atoms. The molecule has 2 fully saturated rings. The van der Waals surface area contributed by atoms with Gasteiger partial charge < -0.3 is 19.4 Å². The normalized spacial score (nSPS) is 20.7. The number of nitrogens with zero attached hydrogens (tertiary/aromatic N) is 3. The zero-order valence-corrected chi connectivity index (χ0v) is 18.0. The summed E-state index contributed by atoms with van der Waals surface area (Å²) in [5.74, 6) is 0.353. The van der Waals surface area contributed by atoms with Crippen molar-refractivity contribution in [3.05, 3.63) is 54.1 Å². The molecule has 166 valence electrons. The smallest absolute Gasteiger partial charge is 0.265 e. The maximum absolute atomic E-state index is 13.6. The molecule has 3 aliphatic rings. The zero-order chi connectivity index (χ0) is 22.1. The maximum atomic E-state index is 13.6. The van der Waals surface area contributed by atoms with Crippen LogP contribution in [-0.2, 0) is 9.59 Å². The van der Waals surface area contributed by atoms with Crippen molar-refractivity contribution in [2.24, 2.45) is 0 Å². The Hall–Kier alpha value is -3.35. The van der Waals surface area contributed by atoms with Crippen molar-refractivity contribution >= 4 is 29.1 Å². The third-order valence-electron chi connectivity index (χ3n) is 6.44. The molecule has 2 saturated heterocycles. The number of hydrogen-bond acceptors (Lipinski definition) is 4.